The number of halogens is 1. The Balaban J connectivity index is 2.73. The van der Waals surface area contributed by atoms with E-state index in [0.717, 1.165) is 5.56 Å². The van der Waals surface area contributed by atoms with Crippen LogP contribution >= 0.6 is 0 Å². The maximum atomic E-state index is 13.9. The summed E-state index contributed by atoms with van der Waals surface area (Å²) in [7, 11) is 3.43. The Morgan fingerprint density at radius 3 is 2.53 bits per heavy atom. The third-order valence-electron chi connectivity index (χ3n) is 3.05. The van der Waals surface area contributed by atoms with E-state index < -0.39 is 0 Å². The molecule has 0 saturated carbocycles. The molecule has 0 fully saturated rings. The molecule has 0 heterocycles. The van der Waals surface area contributed by atoms with Crippen molar-refractivity contribution in [2.24, 2.45) is 5.73 Å². The van der Waals surface area contributed by atoms with Crippen LogP contribution < -0.4 is 5.73 Å². The van der Waals surface area contributed by atoms with Gasteiger partial charge in [0.05, 0.1) is 6.54 Å². The van der Waals surface area contributed by atoms with Crippen molar-refractivity contribution >= 4 is 5.91 Å². The van der Waals surface area contributed by atoms with Crippen molar-refractivity contribution in [3.8, 4) is 0 Å². The van der Waals surface area contributed by atoms with Crippen LogP contribution in [0, 0.1) is 5.82 Å². The lowest BCUT2D eigenvalue weighted by Crippen LogP contribution is -2.36. The molecule has 106 valence electrons. The highest BCUT2D eigenvalue weighted by atomic mass is 19.1. The van der Waals surface area contributed by atoms with Gasteiger partial charge in [-0.3, -0.25) is 9.69 Å². The fourth-order valence-electron chi connectivity index (χ4n) is 1.70. The highest BCUT2D eigenvalue weighted by Gasteiger charge is 2.13. The van der Waals surface area contributed by atoms with E-state index in [0.29, 0.717) is 31.7 Å². The Hall–Kier alpha value is -1.46. The van der Waals surface area contributed by atoms with Crippen LogP contribution in [0.5, 0.6) is 0 Å². The smallest absolute Gasteiger partial charge is 0.236 e. The summed E-state index contributed by atoms with van der Waals surface area (Å²) in [6, 6.07) is 5.01. The van der Waals surface area contributed by atoms with E-state index in [1.54, 1.807) is 20.2 Å². The largest absolute Gasteiger partial charge is 0.348 e. The number of amides is 1. The molecular weight excluding hydrogens is 245 g/mol. The number of nitrogens with zero attached hydrogens (tertiary/aromatic N) is 2. The lowest BCUT2D eigenvalue weighted by Gasteiger charge is -2.22. The van der Waals surface area contributed by atoms with Crippen LogP contribution in [0.1, 0.15) is 18.1 Å². The summed E-state index contributed by atoms with van der Waals surface area (Å²) in [5.41, 5.74) is 6.83. The monoisotopic (exact) mass is 267 g/mol. The predicted molar refractivity (Wildman–Crippen MR) is 73.9 cm³/mol. The number of likely N-dealkylation sites (N-methyl/N-ethyl adjacent to an activating group) is 2. The molecule has 0 bridgehead atoms. The first-order valence-electron chi connectivity index (χ1n) is 6.37. The minimum atomic E-state index is -0.265. The minimum Gasteiger partial charge on any atom is -0.348 e. The van der Waals surface area contributed by atoms with Crippen LogP contribution in [0.4, 0.5) is 4.39 Å². The van der Waals surface area contributed by atoms with Gasteiger partial charge in [-0.2, -0.15) is 0 Å². The lowest BCUT2D eigenvalue weighted by molar-refractivity contribution is -0.130. The van der Waals surface area contributed by atoms with Crippen molar-refractivity contribution in [1.29, 1.82) is 0 Å². The number of nitrogens with two attached hydrogens (primary N) is 1. The van der Waals surface area contributed by atoms with Crippen LogP contribution in [0.2, 0.25) is 0 Å². The number of carbonyl (C=O) groups excluding carboxylic acids is 1. The third kappa shape index (κ3) is 4.61. The van der Waals surface area contributed by atoms with E-state index in [2.05, 4.69) is 0 Å². The van der Waals surface area contributed by atoms with Gasteiger partial charge < -0.3 is 10.6 Å². The summed E-state index contributed by atoms with van der Waals surface area (Å²) in [6.45, 7) is 3.69. The second-order valence-corrected chi connectivity index (χ2v) is 4.72. The normalized spacial score (nSPS) is 10.8. The third-order valence-corrected chi connectivity index (χ3v) is 3.05. The molecule has 4 nitrogen and oxygen atoms in total. The van der Waals surface area contributed by atoms with Crippen LogP contribution in [0.25, 0.3) is 0 Å². The van der Waals surface area contributed by atoms with Gasteiger partial charge in [0.15, 0.2) is 0 Å². The Morgan fingerprint density at radius 2 is 2.05 bits per heavy atom. The fraction of sp³-hybridized carbons (Fsp3) is 0.500. The van der Waals surface area contributed by atoms with Gasteiger partial charge in [-0.25, -0.2) is 4.39 Å². The van der Waals surface area contributed by atoms with Crippen molar-refractivity contribution in [3.63, 3.8) is 0 Å². The molecule has 0 spiro atoms. The summed E-state index contributed by atoms with van der Waals surface area (Å²) >= 11 is 0. The van der Waals surface area contributed by atoms with Gasteiger partial charge in [0, 0.05) is 32.7 Å². The second-order valence-electron chi connectivity index (χ2n) is 4.72. The van der Waals surface area contributed by atoms with Gasteiger partial charge >= 0.3 is 0 Å². The quantitative estimate of drug-likeness (QED) is 0.842. The minimum absolute atomic E-state index is 0.0147. The summed E-state index contributed by atoms with van der Waals surface area (Å²) in [5, 5.41) is 0. The highest BCUT2D eigenvalue weighted by Crippen LogP contribution is 2.12. The van der Waals surface area contributed by atoms with Crippen molar-refractivity contribution in [2.45, 2.75) is 20.0 Å². The van der Waals surface area contributed by atoms with Gasteiger partial charge in [0.1, 0.15) is 5.82 Å². The molecule has 5 heteroatoms. The molecule has 1 aromatic carbocycles. The lowest BCUT2D eigenvalue weighted by atomic mass is 10.1. The molecule has 0 unspecified atom stereocenters. The second kappa shape index (κ2) is 7.21. The first-order valence-corrected chi connectivity index (χ1v) is 6.37. The molecule has 1 amide bonds. The fourth-order valence-corrected chi connectivity index (χ4v) is 1.70. The van der Waals surface area contributed by atoms with Crippen molar-refractivity contribution in [2.75, 3.05) is 27.2 Å². The first kappa shape index (κ1) is 15.6. The number of benzene rings is 1. The molecule has 0 saturated heterocycles. The zero-order valence-electron chi connectivity index (χ0n) is 11.8. The molecule has 0 aliphatic heterocycles. The number of hydrogen-bond acceptors (Lipinski definition) is 3. The van der Waals surface area contributed by atoms with E-state index in [4.69, 9.17) is 5.73 Å². The number of carbonyl (C=O) groups is 1. The molecule has 0 aliphatic rings. The Kier molecular flexibility index (Phi) is 5.92. The molecule has 1 aromatic rings. The average Bonchev–Trinajstić information content (AvgIpc) is 2.39. The molecule has 0 aliphatic carbocycles. The topological polar surface area (TPSA) is 49.6 Å². The van der Waals surface area contributed by atoms with Crippen LogP contribution in [0.3, 0.4) is 0 Å². The molecule has 19 heavy (non-hydrogen) atoms. The van der Waals surface area contributed by atoms with Crippen molar-refractivity contribution in [1.82, 2.24) is 9.80 Å². The van der Waals surface area contributed by atoms with E-state index in [1.165, 1.54) is 11.0 Å². The van der Waals surface area contributed by atoms with E-state index in [-0.39, 0.29) is 11.7 Å². The summed E-state index contributed by atoms with van der Waals surface area (Å²) in [5.74, 6) is -0.250. The van der Waals surface area contributed by atoms with Crippen LogP contribution in [0.15, 0.2) is 18.2 Å². The summed E-state index contributed by atoms with van der Waals surface area (Å²) < 4.78 is 13.9. The SMILES string of the molecule is CCN(CC(=O)N(C)C)Cc1ccc(CN)cc1F. The standard InChI is InChI=1S/C14H22FN3O/c1-4-18(10-14(19)17(2)3)9-12-6-5-11(8-16)7-13(12)15/h5-7H,4,8-10,16H2,1-3H3. The molecule has 2 N–H and O–H groups in total. The molecule has 0 aromatic heterocycles. The van der Waals surface area contributed by atoms with Gasteiger partial charge in [-0.1, -0.05) is 19.1 Å². The Labute approximate surface area is 114 Å². The molecule has 1 rings (SSSR count). The zero-order valence-corrected chi connectivity index (χ0v) is 11.8. The molecule has 0 radical (unpaired) electrons. The zero-order chi connectivity index (χ0) is 14.4. The van der Waals surface area contributed by atoms with E-state index in [1.807, 2.05) is 17.9 Å². The number of rotatable bonds is 6. The van der Waals surface area contributed by atoms with Gasteiger partial charge in [-0.05, 0) is 18.2 Å². The van der Waals surface area contributed by atoms with Crippen molar-refractivity contribution < 1.29 is 9.18 Å². The maximum absolute atomic E-state index is 13.9. The van der Waals surface area contributed by atoms with E-state index >= 15 is 0 Å². The highest BCUT2D eigenvalue weighted by molar-refractivity contribution is 5.77. The summed E-state index contributed by atoms with van der Waals surface area (Å²) in [6.07, 6.45) is 0. The number of hydrogen-bond donors (Lipinski definition) is 1. The van der Waals surface area contributed by atoms with Gasteiger partial charge in [0.25, 0.3) is 0 Å². The van der Waals surface area contributed by atoms with Gasteiger partial charge in [0.2, 0.25) is 5.91 Å². The van der Waals surface area contributed by atoms with Gasteiger partial charge in [-0.15, -0.1) is 0 Å². The van der Waals surface area contributed by atoms with Crippen LogP contribution in [-0.2, 0) is 17.9 Å². The Bertz CT molecular complexity index is 435. The predicted octanol–water partition coefficient (Wildman–Crippen LogP) is 1.19. The summed E-state index contributed by atoms with van der Waals surface area (Å²) in [4.78, 5) is 15.1. The molecular formula is C14H22FN3O. The van der Waals surface area contributed by atoms with Crippen molar-refractivity contribution in [3.05, 3.63) is 35.1 Å². The molecule has 0 atom stereocenters. The Morgan fingerprint density at radius 1 is 1.37 bits per heavy atom. The average molecular weight is 267 g/mol. The maximum Gasteiger partial charge on any atom is 0.236 e. The van der Waals surface area contributed by atoms with Crippen LogP contribution in [-0.4, -0.2) is 42.9 Å². The first-order chi connectivity index (χ1) is 8.97. The van der Waals surface area contributed by atoms with E-state index in [9.17, 15) is 9.18 Å².